The molecule has 2 atom stereocenters. The second-order valence-electron chi connectivity index (χ2n) is 10.2. The van der Waals surface area contributed by atoms with Crippen LogP contribution in [0.2, 0.25) is 0 Å². The molecule has 1 aromatic carbocycles. The Morgan fingerprint density at radius 1 is 1.08 bits per heavy atom. The van der Waals surface area contributed by atoms with E-state index in [0.717, 1.165) is 74.5 Å². The SMILES string of the molecule is CC.CCc1cc(C)c(C(OC2CCCCC2)C2NC(=O)N(C3CCCCC3)C2=O)cc1/C=C(\C)Cl. The zero-order valence-electron chi connectivity index (χ0n) is 22.9. The molecule has 5 nitrogen and oxygen atoms in total. The summed E-state index contributed by atoms with van der Waals surface area (Å²) in [5.74, 6) is -0.137. The second kappa shape index (κ2) is 13.6. The number of ether oxygens (including phenoxy) is 1. The predicted octanol–water partition coefficient (Wildman–Crippen LogP) is 7.83. The normalized spacial score (nSPS) is 22.8. The lowest BCUT2D eigenvalue weighted by Gasteiger charge is -2.32. The van der Waals surface area contributed by atoms with Gasteiger partial charge in [-0.3, -0.25) is 9.69 Å². The van der Waals surface area contributed by atoms with Gasteiger partial charge < -0.3 is 10.1 Å². The van der Waals surface area contributed by atoms with Crippen LogP contribution in [0.25, 0.3) is 6.08 Å². The van der Waals surface area contributed by atoms with Crippen molar-refractivity contribution in [3.63, 3.8) is 0 Å². The van der Waals surface area contributed by atoms with E-state index in [4.69, 9.17) is 16.3 Å². The third kappa shape index (κ3) is 6.72. The molecule has 0 bridgehead atoms. The molecule has 4 rings (SSSR count). The molecule has 3 fully saturated rings. The Morgan fingerprint density at radius 3 is 2.28 bits per heavy atom. The first-order valence-corrected chi connectivity index (χ1v) is 14.5. The van der Waals surface area contributed by atoms with E-state index in [0.29, 0.717) is 5.03 Å². The van der Waals surface area contributed by atoms with Crippen molar-refractivity contribution >= 4 is 29.6 Å². The summed E-state index contributed by atoms with van der Waals surface area (Å²) in [5, 5.41) is 3.74. The van der Waals surface area contributed by atoms with Gasteiger partial charge in [-0.2, -0.15) is 0 Å². The molecule has 1 aliphatic heterocycles. The standard InChI is InChI=1S/C28H39ClN2O3.C2H6/c1-4-20-15-18(2)24(17-21(20)16-19(3)29)26(34-23-13-9-6-10-14-23)25-27(32)31(28(33)30-25)22-11-7-5-8-12-22;1-2/h15-17,22-23,25-26H,4-14H2,1-3H3,(H,30,33);1-2H3/b19-16+;. The van der Waals surface area contributed by atoms with E-state index in [1.807, 2.05) is 26.8 Å². The van der Waals surface area contributed by atoms with Gasteiger partial charge in [0.15, 0.2) is 0 Å². The predicted molar refractivity (Wildman–Crippen MR) is 148 cm³/mol. The number of amides is 3. The van der Waals surface area contributed by atoms with Crippen molar-refractivity contribution in [1.29, 1.82) is 0 Å². The summed E-state index contributed by atoms with van der Waals surface area (Å²) in [6.45, 7) is 10.1. The maximum atomic E-state index is 13.7. The summed E-state index contributed by atoms with van der Waals surface area (Å²) in [6.07, 6.45) is 13.1. The smallest absolute Gasteiger partial charge is 0.325 e. The van der Waals surface area contributed by atoms with Crippen molar-refractivity contribution in [2.75, 3.05) is 0 Å². The van der Waals surface area contributed by atoms with Crippen LogP contribution in [-0.2, 0) is 16.0 Å². The Kier molecular flexibility index (Phi) is 10.9. The molecule has 1 aromatic rings. The largest absolute Gasteiger partial charge is 0.368 e. The number of carbonyl (C=O) groups excluding carboxylic acids is 2. The number of allylic oxidation sites excluding steroid dienone is 1. The summed E-state index contributed by atoms with van der Waals surface area (Å²) >= 11 is 6.26. The maximum absolute atomic E-state index is 13.7. The van der Waals surface area contributed by atoms with Crippen molar-refractivity contribution < 1.29 is 14.3 Å². The Morgan fingerprint density at radius 2 is 1.69 bits per heavy atom. The molecule has 1 heterocycles. The summed E-state index contributed by atoms with van der Waals surface area (Å²) in [7, 11) is 0. The Hall–Kier alpha value is -1.85. The van der Waals surface area contributed by atoms with Crippen molar-refractivity contribution in [2.45, 2.75) is 130 Å². The summed E-state index contributed by atoms with van der Waals surface area (Å²) in [6, 6.07) is 3.34. The minimum absolute atomic E-state index is 0.00235. The third-order valence-electron chi connectivity index (χ3n) is 7.70. The lowest BCUT2D eigenvalue weighted by Crippen LogP contribution is -2.43. The van der Waals surface area contributed by atoms with Gasteiger partial charge in [0.25, 0.3) is 5.91 Å². The van der Waals surface area contributed by atoms with E-state index in [9.17, 15) is 9.59 Å². The zero-order valence-corrected chi connectivity index (χ0v) is 23.6. The molecule has 200 valence electrons. The zero-order chi connectivity index (χ0) is 26.2. The fourth-order valence-corrected chi connectivity index (χ4v) is 6.03. The summed E-state index contributed by atoms with van der Waals surface area (Å²) < 4.78 is 6.71. The molecule has 2 saturated carbocycles. The van der Waals surface area contributed by atoms with Crippen LogP contribution in [0.3, 0.4) is 0 Å². The molecular formula is C30H45ClN2O3. The molecule has 3 amide bonds. The first kappa shape index (κ1) is 28.7. The van der Waals surface area contributed by atoms with E-state index in [-0.39, 0.29) is 24.1 Å². The number of nitrogens with zero attached hydrogens (tertiary/aromatic N) is 1. The van der Waals surface area contributed by atoms with E-state index in [1.54, 1.807) is 0 Å². The number of benzene rings is 1. The van der Waals surface area contributed by atoms with E-state index < -0.39 is 12.1 Å². The van der Waals surface area contributed by atoms with Gasteiger partial charge in [-0.25, -0.2) is 4.79 Å². The lowest BCUT2D eigenvalue weighted by atomic mass is 9.90. The monoisotopic (exact) mass is 516 g/mol. The summed E-state index contributed by atoms with van der Waals surface area (Å²) in [4.78, 5) is 28.2. The van der Waals surface area contributed by atoms with Crippen LogP contribution in [0.4, 0.5) is 4.79 Å². The quantitative estimate of drug-likeness (QED) is 0.375. The number of aryl methyl sites for hydroxylation is 2. The minimum Gasteiger partial charge on any atom is -0.368 e. The van der Waals surface area contributed by atoms with Crippen molar-refractivity contribution in [3.05, 3.63) is 39.4 Å². The van der Waals surface area contributed by atoms with Gasteiger partial charge in [0.1, 0.15) is 12.1 Å². The van der Waals surface area contributed by atoms with Gasteiger partial charge in [0.05, 0.1) is 6.10 Å². The third-order valence-corrected chi connectivity index (χ3v) is 7.81. The Labute approximate surface area is 223 Å². The number of hydrogen-bond donors (Lipinski definition) is 1. The molecule has 36 heavy (non-hydrogen) atoms. The first-order valence-electron chi connectivity index (χ1n) is 14.1. The van der Waals surface area contributed by atoms with Gasteiger partial charge >= 0.3 is 6.03 Å². The highest BCUT2D eigenvalue weighted by molar-refractivity contribution is 6.31. The Bertz CT molecular complexity index is 928. The van der Waals surface area contributed by atoms with Gasteiger partial charge in [0.2, 0.25) is 0 Å². The van der Waals surface area contributed by atoms with Crippen LogP contribution in [0.15, 0.2) is 17.2 Å². The van der Waals surface area contributed by atoms with Crippen LogP contribution < -0.4 is 5.32 Å². The number of rotatable bonds is 7. The minimum atomic E-state index is -0.698. The van der Waals surface area contributed by atoms with Crippen LogP contribution >= 0.6 is 11.6 Å². The average Bonchev–Trinajstić information content (AvgIpc) is 3.19. The lowest BCUT2D eigenvalue weighted by molar-refractivity contribution is -0.135. The molecule has 6 heteroatoms. The molecule has 1 N–H and O–H groups in total. The van der Waals surface area contributed by atoms with Gasteiger partial charge in [0, 0.05) is 11.1 Å². The second-order valence-corrected chi connectivity index (χ2v) is 10.8. The molecular weight excluding hydrogens is 472 g/mol. The van der Waals surface area contributed by atoms with Crippen LogP contribution in [0, 0.1) is 6.92 Å². The molecule has 2 aliphatic carbocycles. The van der Waals surface area contributed by atoms with Crippen LogP contribution in [-0.4, -0.2) is 35.0 Å². The van der Waals surface area contributed by atoms with Crippen molar-refractivity contribution in [2.24, 2.45) is 0 Å². The number of carbonyl (C=O) groups is 2. The summed E-state index contributed by atoms with van der Waals surface area (Å²) in [5.41, 5.74) is 4.31. The molecule has 0 radical (unpaired) electrons. The van der Waals surface area contributed by atoms with Crippen molar-refractivity contribution in [3.8, 4) is 0 Å². The number of hydrogen-bond acceptors (Lipinski definition) is 3. The number of urea groups is 1. The number of nitrogens with one attached hydrogen (secondary N) is 1. The van der Waals surface area contributed by atoms with Crippen LogP contribution in [0.5, 0.6) is 0 Å². The molecule has 2 unspecified atom stereocenters. The van der Waals surface area contributed by atoms with E-state index in [1.165, 1.54) is 23.3 Å². The first-order chi connectivity index (χ1) is 17.4. The van der Waals surface area contributed by atoms with E-state index >= 15 is 0 Å². The molecule has 3 aliphatic rings. The molecule has 0 spiro atoms. The topological polar surface area (TPSA) is 58.6 Å². The number of halogens is 1. The van der Waals surface area contributed by atoms with Gasteiger partial charge in [-0.05, 0) is 80.3 Å². The van der Waals surface area contributed by atoms with E-state index in [2.05, 4.69) is 31.3 Å². The van der Waals surface area contributed by atoms with Crippen LogP contribution in [0.1, 0.15) is 120 Å². The molecule has 1 saturated heterocycles. The van der Waals surface area contributed by atoms with Crippen molar-refractivity contribution in [1.82, 2.24) is 10.2 Å². The highest BCUT2D eigenvalue weighted by atomic mass is 35.5. The fourth-order valence-electron chi connectivity index (χ4n) is 5.91. The molecule has 0 aromatic heterocycles. The highest BCUT2D eigenvalue weighted by Crippen LogP contribution is 2.36. The maximum Gasteiger partial charge on any atom is 0.325 e. The fraction of sp³-hybridized carbons (Fsp3) is 0.667. The highest BCUT2D eigenvalue weighted by Gasteiger charge is 2.47. The average molecular weight is 517 g/mol. The van der Waals surface area contributed by atoms with Gasteiger partial charge in [-0.15, -0.1) is 0 Å². The van der Waals surface area contributed by atoms with Gasteiger partial charge in [-0.1, -0.05) is 77.0 Å². The Balaban J connectivity index is 0.00000176. The number of imide groups is 1.